The van der Waals surface area contributed by atoms with Crippen molar-refractivity contribution in [1.82, 2.24) is 0 Å². The van der Waals surface area contributed by atoms with Crippen LogP contribution in [0.3, 0.4) is 0 Å². The molecule has 0 saturated heterocycles. The van der Waals surface area contributed by atoms with Crippen molar-refractivity contribution in [2.75, 3.05) is 0 Å². The Balaban J connectivity index is 1.92. The van der Waals surface area contributed by atoms with E-state index in [-0.39, 0.29) is 16.5 Å². The molecule has 1 nitrogen and oxygen atoms in total. The molecule has 0 radical (unpaired) electrons. The lowest BCUT2D eigenvalue weighted by atomic mass is 9.71. The van der Waals surface area contributed by atoms with Crippen LogP contribution in [0.4, 0.5) is 0 Å². The van der Waals surface area contributed by atoms with Gasteiger partial charge in [0, 0.05) is 16.3 Å². The van der Waals surface area contributed by atoms with Crippen molar-refractivity contribution >= 4 is 17.8 Å². The predicted molar refractivity (Wildman–Crippen MR) is 103 cm³/mol. The summed E-state index contributed by atoms with van der Waals surface area (Å²) in [4.78, 5) is 0. The number of fused-ring (bicyclic) bond motifs is 2. The van der Waals surface area contributed by atoms with Crippen LogP contribution in [-0.2, 0) is 4.57 Å². The second-order valence-electron chi connectivity index (χ2n) is 8.46. The van der Waals surface area contributed by atoms with Crippen LogP contribution in [0.1, 0.15) is 40.0 Å². The highest BCUT2D eigenvalue weighted by molar-refractivity contribution is 7.79. The Labute approximate surface area is 145 Å². The molecule has 2 bridgehead atoms. The van der Waals surface area contributed by atoms with Gasteiger partial charge in [-0.05, 0) is 36.0 Å². The first-order valence-electron chi connectivity index (χ1n) is 9.12. The summed E-state index contributed by atoms with van der Waals surface area (Å²) in [7, 11) is -2.66. The lowest BCUT2D eigenvalue weighted by Gasteiger charge is -2.43. The van der Waals surface area contributed by atoms with Crippen LogP contribution in [0.25, 0.3) is 0 Å². The molecule has 3 atom stereocenters. The molecule has 2 aliphatic carbocycles. The number of hydrogen-bond donors (Lipinski definition) is 0. The van der Waals surface area contributed by atoms with Crippen molar-refractivity contribution in [3.63, 3.8) is 0 Å². The monoisotopic (exact) mass is 338 g/mol. The molecule has 0 aromatic heterocycles. The summed E-state index contributed by atoms with van der Waals surface area (Å²) in [6, 6.07) is 20.5. The third-order valence-corrected chi connectivity index (χ3v) is 11.3. The summed E-state index contributed by atoms with van der Waals surface area (Å²) in [6.45, 7) is 7.22. The van der Waals surface area contributed by atoms with Gasteiger partial charge in [-0.25, -0.2) is 0 Å². The average Bonchev–Trinajstić information content (AvgIpc) is 2.96. The van der Waals surface area contributed by atoms with Gasteiger partial charge in [0.05, 0.1) is 0 Å². The van der Waals surface area contributed by atoms with Gasteiger partial charge in [0.15, 0.2) is 0 Å². The highest BCUT2D eigenvalue weighted by Crippen LogP contribution is 2.74. The zero-order valence-corrected chi connectivity index (χ0v) is 15.8. The van der Waals surface area contributed by atoms with E-state index in [1.54, 1.807) is 0 Å². The van der Waals surface area contributed by atoms with Gasteiger partial charge < -0.3 is 4.57 Å². The molecule has 2 heteroatoms. The minimum atomic E-state index is -2.66. The number of rotatable bonds is 3. The van der Waals surface area contributed by atoms with E-state index in [1.807, 2.05) is 36.4 Å². The third-order valence-electron chi connectivity index (χ3n) is 7.47. The van der Waals surface area contributed by atoms with E-state index in [2.05, 4.69) is 45.0 Å². The lowest BCUT2D eigenvalue weighted by Crippen LogP contribution is -2.39. The predicted octanol–water partition coefficient (Wildman–Crippen LogP) is 5.22. The molecule has 0 aliphatic heterocycles. The van der Waals surface area contributed by atoms with Crippen LogP contribution in [0.5, 0.6) is 0 Å². The van der Waals surface area contributed by atoms with Gasteiger partial charge in [-0.1, -0.05) is 81.4 Å². The number of hydrogen-bond acceptors (Lipinski definition) is 1. The summed E-state index contributed by atoms with van der Waals surface area (Å²) in [5.41, 5.74) is 0.680. The first kappa shape index (κ1) is 16.2. The van der Waals surface area contributed by atoms with Gasteiger partial charge >= 0.3 is 0 Å². The maximum absolute atomic E-state index is 14.7. The molecule has 24 heavy (non-hydrogen) atoms. The largest absolute Gasteiger partial charge is 0.313 e. The van der Waals surface area contributed by atoms with Crippen molar-refractivity contribution < 1.29 is 4.57 Å². The third kappa shape index (κ3) is 1.97. The Bertz CT molecular complexity index is 737. The van der Waals surface area contributed by atoms with Crippen LogP contribution >= 0.6 is 7.14 Å². The Kier molecular flexibility index (Phi) is 3.59. The Morgan fingerprint density at radius 1 is 0.875 bits per heavy atom. The molecule has 0 amide bonds. The topological polar surface area (TPSA) is 17.1 Å². The highest BCUT2D eigenvalue weighted by Gasteiger charge is 2.65. The fourth-order valence-corrected chi connectivity index (χ4v) is 9.58. The molecule has 0 spiro atoms. The fourth-order valence-electron chi connectivity index (χ4n) is 5.52. The standard InChI is InChI=1S/C22H27OP/c1-21(2)17-14-15-22(21,3)20(16-17)24(23,18-10-6-4-7-11-18)19-12-8-5-9-13-19/h4-13,17,20H,14-16H2,1-3H3/t17-,20-,22+/m0/s1. The van der Waals surface area contributed by atoms with Crippen LogP contribution in [0.15, 0.2) is 60.7 Å². The van der Waals surface area contributed by atoms with Crippen molar-refractivity contribution in [2.45, 2.75) is 45.7 Å². The van der Waals surface area contributed by atoms with Crippen molar-refractivity contribution in [3.05, 3.63) is 60.7 Å². The van der Waals surface area contributed by atoms with E-state index in [1.165, 1.54) is 12.8 Å². The summed E-state index contributed by atoms with van der Waals surface area (Å²) >= 11 is 0. The molecule has 0 unspecified atom stereocenters. The van der Waals surface area contributed by atoms with Crippen LogP contribution in [0.2, 0.25) is 0 Å². The van der Waals surface area contributed by atoms with Crippen LogP contribution in [0, 0.1) is 16.7 Å². The minimum Gasteiger partial charge on any atom is -0.313 e. The van der Waals surface area contributed by atoms with Crippen LogP contribution < -0.4 is 10.6 Å². The molecular formula is C22H27OP. The second-order valence-corrected chi connectivity index (χ2v) is 11.4. The smallest absolute Gasteiger partial charge is 0.146 e. The van der Waals surface area contributed by atoms with E-state index < -0.39 is 7.14 Å². The molecule has 2 aliphatic rings. The summed E-state index contributed by atoms with van der Waals surface area (Å²) < 4.78 is 14.7. The van der Waals surface area contributed by atoms with E-state index in [9.17, 15) is 4.57 Å². The molecule has 2 aromatic carbocycles. The number of benzene rings is 2. The zero-order valence-electron chi connectivity index (χ0n) is 14.9. The zero-order chi connectivity index (χ0) is 17.0. The van der Waals surface area contributed by atoms with E-state index in [0.717, 1.165) is 17.0 Å². The SMILES string of the molecule is CC1(C)[C@H]2CC[C@]1(C)[C@@H](P(=O)(c1ccccc1)c1ccccc1)C2. The van der Waals surface area contributed by atoms with E-state index in [4.69, 9.17) is 0 Å². The van der Waals surface area contributed by atoms with Gasteiger partial charge in [-0.3, -0.25) is 0 Å². The van der Waals surface area contributed by atoms with Gasteiger partial charge in [-0.15, -0.1) is 0 Å². The van der Waals surface area contributed by atoms with Gasteiger partial charge in [0.2, 0.25) is 0 Å². The van der Waals surface area contributed by atoms with Gasteiger partial charge in [0.1, 0.15) is 7.14 Å². The second kappa shape index (κ2) is 5.33. The molecule has 126 valence electrons. The van der Waals surface area contributed by atoms with Gasteiger partial charge in [-0.2, -0.15) is 0 Å². The Morgan fingerprint density at radius 3 is 1.75 bits per heavy atom. The highest BCUT2D eigenvalue weighted by atomic mass is 31.2. The molecule has 0 heterocycles. The Morgan fingerprint density at radius 2 is 1.38 bits per heavy atom. The molecule has 2 saturated carbocycles. The van der Waals surface area contributed by atoms with E-state index >= 15 is 0 Å². The average molecular weight is 338 g/mol. The first-order valence-corrected chi connectivity index (χ1v) is 10.9. The van der Waals surface area contributed by atoms with Crippen molar-refractivity contribution in [3.8, 4) is 0 Å². The molecule has 2 fully saturated rings. The fraction of sp³-hybridized carbons (Fsp3) is 0.455. The molecule has 0 N–H and O–H groups in total. The van der Waals surface area contributed by atoms with Crippen molar-refractivity contribution in [2.24, 2.45) is 16.7 Å². The quantitative estimate of drug-likeness (QED) is 0.702. The molecule has 2 aromatic rings. The normalized spacial score (nSPS) is 31.3. The first-order chi connectivity index (χ1) is 11.4. The summed E-state index contributed by atoms with van der Waals surface area (Å²) in [6.07, 6.45) is 3.60. The Hall–Kier alpha value is -1.33. The van der Waals surface area contributed by atoms with E-state index in [0.29, 0.717) is 5.92 Å². The van der Waals surface area contributed by atoms with Crippen molar-refractivity contribution in [1.29, 1.82) is 0 Å². The lowest BCUT2D eigenvalue weighted by molar-refractivity contribution is 0.154. The molecular weight excluding hydrogens is 311 g/mol. The minimum absolute atomic E-state index is 0.152. The molecule has 4 rings (SSSR count). The van der Waals surface area contributed by atoms with Crippen LogP contribution in [-0.4, -0.2) is 5.66 Å². The summed E-state index contributed by atoms with van der Waals surface area (Å²) in [5.74, 6) is 0.702. The van der Waals surface area contributed by atoms with Gasteiger partial charge in [0.25, 0.3) is 0 Å². The maximum atomic E-state index is 14.7. The summed E-state index contributed by atoms with van der Waals surface area (Å²) in [5, 5.41) is 2.07. The maximum Gasteiger partial charge on any atom is 0.146 e.